The molecular weight excluding hydrogens is 891 g/mol. The summed E-state index contributed by atoms with van der Waals surface area (Å²) in [5, 5.41) is 2.68. The smallest absolute Gasteiger partial charge is 0.325 e. The van der Waals surface area contributed by atoms with Gasteiger partial charge >= 0.3 is 41.8 Å². The number of esters is 7. The highest BCUT2D eigenvalue weighted by Crippen LogP contribution is 2.35. The molecule has 20 nitrogen and oxygen atoms in total. The average molecular weight is 940 g/mol. The van der Waals surface area contributed by atoms with E-state index in [2.05, 4.69) is 5.32 Å². The van der Waals surface area contributed by atoms with E-state index in [1.54, 1.807) is 30.3 Å². The topological polar surface area (TPSA) is 254 Å². The van der Waals surface area contributed by atoms with Crippen LogP contribution in [-0.4, -0.2) is 102 Å². The highest BCUT2D eigenvalue weighted by Gasteiger charge is 2.29. The predicted octanol–water partition coefficient (Wildman–Crippen LogP) is 4.78. The van der Waals surface area contributed by atoms with Gasteiger partial charge in [0.25, 0.3) is 17.7 Å². The Morgan fingerprint density at radius 1 is 0.441 bits per heavy atom. The second-order valence-corrected chi connectivity index (χ2v) is 14.6. The minimum absolute atomic E-state index is 0.0381. The lowest BCUT2D eigenvalue weighted by molar-refractivity contribution is -0.146. The molecule has 0 unspecified atom stereocenters. The van der Waals surface area contributed by atoms with Crippen molar-refractivity contribution in [1.29, 1.82) is 0 Å². The van der Waals surface area contributed by atoms with Gasteiger partial charge in [-0.2, -0.15) is 0 Å². The fraction of sp³-hybridized carbons (Fsp3) is 0.292. The van der Waals surface area contributed by atoms with Gasteiger partial charge in [0, 0.05) is 67.7 Å². The molecule has 20 heteroatoms. The number of hydrogen-bond acceptors (Lipinski definition) is 17. The fourth-order valence-corrected chi connectivity index (χ4v) is 6.38. The number of benzene rings is 4. The molecule has 0 aliphatic heterocycles. The van der Waals surface area contributed by atoms with Gasteiger partial charge in [0.15, 0.2) is 34.5 Å². The van der Waals surface area contributed by atoms with Crippen LogP contribution in [0.4, 0.5) is 0 Å². The first-order valence-corrected chi connectivity index (χ1v) is 20.9. The number of rotatable bonds is 21. The quantitative estimate of drug-likeness (QED) is 0.0670. The molecule has 0 aromatic heterocycles. The van der Waals surface area contributed by atoms with E-state index >= 15 is 0 Å². The number of carbonyl (C=O) groups is 10. The lowest BCUT2D eigenvalue weighted by Gasteiger charge is -2.27. The third-order valence-corrected chi connectivity index (χ3v) is 9.02. The van der Waals surface area contributed by atoms with Crippen LogP contribution >= 0.6 is 0 Å². The predicted molar refractivity (Wildman–Crippen MR) is 237 cm³/mol. The lowest BCUT2D eigenvalue weighted by Crippen LogP contribution is -2.40. The first-order chi connectivity index (χ1) is 32.3. The maximum Gasteiger partial charge on any atom is 0.325 e. The zero-order chi connectivity index (χ0) is 49.9. The van der Waals surface area contributed by atoms with Crippen LogP contribution in [0.5, 0.6) is 34.5 Å². The van der Waals surface area contributed by atoms with Crippen LogP contribution in [0, 0.1) is 0 Å². The van der Waals surface area contributed by atoms with E-state index in [9.17, 15) is 47.9 Å². The number of hydrogen-bond donors (Lipinski definition) is 1. The molecular formula is C48H49N3O17. The number of nitrogens with zero attached hydrogens (tertiary/aromatic N) is 2. The highest BCUT2D eigenvalue weighted by molar-refractivity contribution is 6.01. The molecule has 68 heavy (non-hydrogen) atoms. The molecule has 0 radical (unpaired) electrons. The first kappa shape index (κ1) is 52.2. The van der Waals surface area contributed by atoms with E-state index in [0.29, 0.717) is 5.56 Å². The van der Waals surface area contributed by atoms with Crippen LogP contribution in [0.2, 0.25) is 0 Å². The number of carbonyl (C=O) groups excluding carboxylic acids is 10. The van der Waals surface area contributed by atoms with Crippen molar-refractivity contribution in [2.45, 2.75) is 61.0 Å². The van der Waals surface area contributed by atoms with Crippen molar-refractivity contribution in [1.82, 2.24) is 15.1 Å². The minimum Gasteiger partial charge on any atom is -0.459 e. The van der Waals surface area contributed by atoms with Crippen molar-refractivity contribution in [3.8, 4) is 34.5 Å². The Labute approximate surface area is 390 Å². The molecule has 4 aromatic carbocycles. The first-order valence-electron chi connectivity index (χ1n) is 20.9. The summed E-state index contributed by atoms with van der Waals surface area (Å²) in [5.41, 5.74) is 0.0908. The van der Waals surface area contributed by atoms with Gasteiger partial charge in [-0.3, -0.25) is 47.9 Å². The van der Waals surface area contributed by atoms with E-state index in [0.717, 1.165) is 46.4 Å². The van der Waals surface area contributed by atoms with E-state index in [1.165, 1.54) is 59.5 Å². The van der Waals surface area contributed by atoms with Crippen molar-refractivity contribution in [2.75, 3.05) is 32.7 Å². The average Bonchev–Trinajstić information content (AvgIpc) is 3.26. The van der Waals surface area contributed by atoms with Crippen molar-refractivity contribution < 1.29 is 81.1 Å². The van der Waals surface area contributed by atoms with Crippen molar-refractivity contribution in [3.05, 3.63) is 107 Å². The molecule has 0 bridgehead atoms. The zero-order valence-electron chi connectivity index (χ0n) is 38.1. The Kier molecular flexibility index (Phi) is 19.4. The van der Waals surface area contributed by atoms with Gasteiger partial charge in [-0.05, 0) is 54.8 Å². The molecule has 0 fully saturated rings. The second kappa shape index (κ2) is 25.3. The summed E-state index contributed by atoms with van der Waals surface area (Å²) in [4.78, 5) is 130. The van der Waals surface area contributed by atoms with Crippen LogP contribution in [0.15, 0.2) is 84.9 Å². The molecule has 4 aromatic rings. The Morgan fingerprint density at radius 3 is 1.29 bits per heavy atom. The molecule has 0 heterocycles. The van der Waals surface area contributed by atoms with Gasteiger partial charge in [0.1, 0.15) is 13.2 Å². The standard InChI is InChI=1S/C48H49N3O17/c1-29(52)63-39-20-10-17-36(43(39)66-32(4)55)46(59)49-23-13-24-50(47(60)37-18-11-21-40(64-30(2)53)44(37)67-33(5)56)25-14-26-51(27-42(58)62-28-35-15-8-7-9-16-35)48(61)38-19-12-22-41(65-31(3)54)45(38)68-34(6)57/h7-12,15-22H,13-14,23-28H2,1-6H3,(H,49,59). The molecule has 1 N–H and O–H groups in total. The molecule has 358 valence electrons. The Bertz CT molecular complexity index is 2560. The van der Waals surface area contributed by atoms with Crippen LogP contribution in [0.25, 0.3) is 0 Å². The maximum atomic E-state index is 14.5. The summed E-state index contributed by atoms with van der Waals surface area (Å²) in [7, 11) is 0. The third kappa shape index (κ3) is 15.9. The zero-order valence-corrected chi connectivity index (χ0v) is 38.1. The van der Waals surface area contributed by atoms with Crippen LogP contribution in [0.1, 0.15) is 91.0 Å². The summed E-state index contributed by atoms with van der Waals surface area (Å²) in [6, 6.07) is 20.9. The molecule has 3 amide bonds. The SMILES string of the molecule is CC(=O)Oc1cccc(C(=O)NCCCN(CCCN(CC(=O)OCc2ccccc2)C(=O)c2cccc(OC(C)=O)c2OC(C)=O)C(=O)c2cccc(OC(C)=O)c2OC(C)=O)c1OC(C)=O. The monoisotopic (exact) mass is 939 g/mol. The van der Waals surface area contributed by atoms with Crippen LogP contribution in [-0.2, 0) is 44.9 Å². The summed E-state index contributed by atoms with van der Waals surface area (Å²) < 4.78 is 36.9. The van der Waals surface area contributed by atoms with Crippen LogP contribution in [0.3, 0.4) is 0 Å². The molecule has 4 rings (SSSR count). The summed E-state index contributed by atoms with van der Waals surface area (Å²) in [5.74, 6) is -9.54. The van der Waals surface area contributed by atoms with E-state index in [-0.39, 0.29) is 96.8 Å². The molecule has 0 aliphatic carbocycles. The molecule has 0 saturated carbocycles. The van der Waals surface area contributed by atoms with Crippen molar-refractivity contribution in [3.63, 3.8) is 0 Å². The van der Waals surface area contributed by atoms with Gasteiger partial charge in [0.05, 0.1) is 16.7 Å². The Balaban J connectivity index is 1.67. The van der Waals surface area contributed by atoms with E-state index in [1.807, 2.05) is 0 Å². The van der Waals surface area contributed by atoms with Gasteiger partial charge in [-0.25, -0.2) is 0 Å². The van der Waals surface area contributed by atoms with Gasteiger partial charge in [-0.15, -0.1) is 0 Å². The molecule has 0 aliphatic rings. The normalized spacial score (nSPS) is 10.4. The Hall–Kier alpha value is -8.42. The van der Waals surface area contributed by atoms with Crippen LogP contribution < -0.4 is 33.7 Å². The van der Waals surface area contributed by atoms with Gasteiger partial charge < -0.3 is 48.3 Å². The van der Waals surface area contributed by atoms with E-state index in [4.69, 9.17) is 33.2 Å². The van der Waals surface area contributed by atoms with Gasteiger partial charge in [0.2, 0.25) is 0 Å². The molecule has 0 atom stereocenters. The number of ether oxygens (including phenoxy) is 7. The highest BCUT2D eigenvalue weighted by atomic mass is 16.6. The second-order valence-electron chi connectivity index (χ2n) is 14.6. The largest absolute Gasteiger partial charge is 0.459 e. The number of amides is 3. The maximum absolute atomic E-state index is 14.5. The summed E-state index contributed by atoms with van der Waals surface area (Å²) in [6.07, 6.45) is 0.0310. The number of para-hydroxylation sites is 3. The molecule has 0 spiro atoms. The van der Waals surface area contributed by atoms with Crippen molar-refractivity contribution in [2.24, 2.45) is 0 Å². The minimum atomic E-state index is -0.843. The fourth-order valence-electron chi connectivity index (χ4n) is 6.38. The Morgan fingerprint density at radius 2 is 0.838 bits per heavy atom. The summed E-state index contributed by atoms with van der Waals surface area (Å²) in [6.45, 7) is 5.28. The number of nitrogens with one attached hydrogen (secondary N) is 1. The van der Waals surface area contributed by atoms with Gasteiger partial charge in [-0.1, -0.05) is 48.5 Å². The lowest BCUT2D eigenvalue weighted by atomic mass is 10.1. The third-order valence-electron chi connectivity index (χ3n) is 9.02. The van der Waals surface area contributed by atoms with Crippen molar-refractivity contribution >= 4 is 59.5 Å². The molecule has 0 saturated heterocycles. The summed E-state index contributed by atoms with van der Waals surface area (Å²) >= 11 is 0. The van der Waals surface area contributed by atoms with E-state index < -0.39 is 66.1 Å².